The van der Waals surface area contributed by atoms with Gasteiger partial charge in [-0.15, -0.1) is 0 Å². The monoisotopic (exact) mass is 1430 g/mol. The lowest BCUT2D eigenvalue weighted by atomic mass is 9.91. The first-order valence-corrected chi connectivity index (χ1v) is 28.3. The van der Waals surface area contributed by atoms with Gasteiger partial charge in [0.15, 0.2) is 47.6 Å². The first-order valence-electron chi connectivity index (χ1n) is 28.3. The largest absolute Gasteiger partial charge is 0.488 e. The Balaban J connectivity index is 0.000000168. The molecule has 1 aromatic carbocycles. The van der Waals surface area contributed by atoms with Crippen LogP contribution >= 0.6 is 0 Å². The van der Waals surface area contributed by atoms with Gasteiger partial charge in [-0.1, -0.05) is 35.1 Å². The molecule has 1 fully saturated rings. The van der Waals surface area contributed by atoms with Gasteiger partial charge in [-0.25, -0.2) is 82.3 Å². The maximum Gasteiger partial charge on any atom is 0.433 e. The van der Waals surface area contributed by atoms with Gasteiger partial charge in [-0.05, 0) is 40.5 Å². The molecule has 12 atom stereocenters. The third kappa shape index (κ3) is 15.3. The van der Waals surface area contributed by atoms with Crippen LogP contribution in [0.15, 0.2) is 79.9 Å². The van der Waals surface area contributed by atoms with Crippen molar-refractivity contribution in [2.45, 2.75) is 158 Å². The highest BCUT2D eigenvalue weighted by atomic mass is 19.4. The molecule has 1 saturated carbocycles. The van der Waals surface area contributed by atoms with E-state index in [9.17, 15) is 105 Å². The van der Waals surface area contributed by atoms with Crippen molar-refractivity contribution in [3.8, 4) is 40.2 Å². The van der Waals surface area contributed by atoms with Crippen molar-refractivity contribution >= 4 is 11.4 Å². The molecule has 6 heterocycles. The summed E-state index contributed by atoms with van der Waals surface area (Å²) >= 11 is 0. The van der Waals surface area contributed by atoms with E-state index in [0.717, 1.165) is 57.4 Å². The Bertz CT molecular complexity index is 4230. The zero-order valence-electron chi connectivity index (χ0n) is 49.7. The van der Waals surface area contributed by atoms with E-state index in [1.165, 1.54) is 25.4 Å². The molecule has 0 amide bonds. The molecule has 5 aliphatic carbocycles. The SMILES string of the molecule is C.C[C@H]1c2c(C(F)(F)F)ncc(OC3CC(F)(F)C3)c2[C@@H](F)[C@H]1F.C[C@H]1c2c(C(F)(F)F)ncc(Oc3cncc(F)c3)c2[C@@H](F)[C@H]1F.[C-]#[N+]c1cc(F)cc(Oc2cnc(C(F)(F)F)c3c2[C@@H](F)[C@@H](F)[C@H]3C)c1.[C-]#[N+]c1cncc(Oc2cnc(C(F)(F)F)c3c2[C@@H](F)[C@@H](F)[C@H]3C)c1. The molecular formula is C63H46F24N8O4. The van der Waals surface area contributed by atoms with E-state index >= 15 is 0 Å². The molecule has 0 spiro atoms. The number of pyridine rings is 6. The summed E-state index contributed by atoms with van der Waals surface area (Å²) in [5.74, 6) is -11.8. The summed E-state index contributed by atoms with van der Waals surface area (Å²) in [5, 5.41) is 0. The highest BCUT2D eigenvalue weighted by Crippen LogP contribution is 2.57. The van der Waals surface area contributed by atoms with Crippen molar-refractivity contribution in [3.05, 3.63) is 182 Å². The Hall–Kier alpha value is -9.38. The van der Waals surface area contributed by atoms with Gasteiger partial charge in [0.1, 0.15) is 88.2 Å². The Morgan fingerprint density at radius 1 is 0.394 bits per heavy atom. The number of halogens is 24. The fraction of sp³-hybridized carbons (Fsp3) is 0.397. The standard InChI is InChI=1S/C17H10F6N2O.C16H10F5N3O.C15H10F6N2O.C14H12F7NO.CH4/c1-7-12-13(15(20)14(7)19)11(6-25-16(12)17(21,22)23)26-10-4-8(18)3-9(5-10)24-2;1-7-11-12(14(18)13(7)17)10(6-24-15(11)16(19,20)21)25-9-3-8(22-2)4-23-5-9;1-6-10-11(13(18)12(6)17)9(5-23-14(10)15(19,20)21)24-8-2-7(16)3-22-4-8;1-5-8-9(11(16)10(5)15)7(4-22-12(8)14(19,20)21)23-6-2-13(17,18)3-6;/h3-7,14-15H,1H3;3-7,13-14H,1H3;2-6,12-13H,1H3;4-6,10-11H,2-3H2,1H3;1H4/t7-,14-,15+;7-,13-,14+;6-,12-,13+;5-,10-,11+;/m0000./s1. The summed E-state index contributed by atoms with van der Waals surface area (Å²) in [7, 11) is 0. The Kier molecular flexibility index (Phi) is 21.4. The smallest absolute Gasteiger partial charge is 0.433 e. The molecule has 6 aromatic heterocycles. The van der Waals surface area contributed by atoms with Crippen LogP contribution < -0.4 is 18.9 Å². The molecule has 0 saturated heterocycles. The van der Waals surface area contributed by atoms with Gasteiger partial charge in [-0.2, -0.15) is 52.7 Å². The summed E-state index contributed by atoms with van der Waals surface area (Å²) in [6, 6.07) is 5.11. The lowest BCUT2D eigenvalue weighted by Gasteiger charge is -2.35. The van der Waals surface area contributed by atoms with Crippen LogP contribution in [0.5, 0.6) is 40.2 Å². The first-order chi connectivity index (χ1) is 45.6. The predicted molar refractivity (Wildman–Crippen MR) is 299 cm³/mol. The number of ether oxygens (including phenoxy) is 4. The third-order valence-electron chi connectivity index (χ3n) is 16.0. The second kappa shape index (κ2) is 28.1. The van der Waals surface area contributed by atoms with Crippen LogP contribution in [-0.2, 0) is 24.7 Å². The quantitative estimate of drug-likeness (QED) is 0.107. The van der Waals surface area contributed by atoms with Crippen LogP contribution in [0.3, 0.4) is 0 Å². The van der Waals surface area contributed by atoms with Crippen molar-refractivity contribution in [3.63, 3.8) is 0 Å². The molecule has 0 N–H and O–H groups in total. The van der Waals surface area contributed by atoms with Gasteiger partial charge < -0.3 is 18.9 Å². The van der Waals surface area contributed by atoms with Crippen molar-refractivity contribution in [2.75, 3.05) is 0 Å². The number of nitrogens with zero attached hydrogens (tertiary/aromatic N) is 8. The molecule has 12 nitrogen and oxygen atoms in total. The van der Waals surface area contributed by atoms with E-state index in [2.05, 4.69) is 39.6 Å². The van der Waals surface area contributed by atoms with Crippen molar-refractivity contribution < 1.29 is 124 Å². The van der Waals surface area contributed by atoms with Gasteiger partial charge in [0.25, 0.3) is 5.92 Å². The van der Waals surface area contributed by atoms with E-state index in [-0.39, 0.29) is 41.8 Å². The van der Waals surface area contributed by atoms with Crippen LogP contribution in [0.1, 0.15) is 164 Å². The maximum absolute atomic E-state index is 14.3. The number of aromatic nitrogens is 6. The Morgan fingerprint density at radius 2 is 0.697 bits per heavy atom. The average Bonchev–Trinajstić information content (AvgIpc) is 1.63. The van der Waals surface area contributed by atoms with Crippen LogP contribution in [-0.4, -0.2) is 66.6 Å². The van der Waals surface area contributed by atoms with E-state index in [0.29, 0.717) is 24.8 Å². The fourth-order valence-corrected chi connectivity index (χ4v) is 11.5. The number of hydrogen-bond acceptors (Lipinski definition) is 10. The molecule has 0 radical (unpaired) electrons. The summed E-state index contributed by atoms with van der Waals surface area (Å²) in [4.78, 5) is 26.5. The van der Waals surface area contributed by atoms with Gasteiger partial charge in [0.05, 0.1) is 56.5 Å². The first kappa shape index (κ1) is 75.4. The zero-order chi connectivity index (χ0) is 72.4. The molecular weight excluding hydrogens is 1390 g/mol. The highest BCUT2D eigenvalue weighted by Gasteiger charge is 2.54. The normalized spacial score (nSPS) is 24.0. The van der Waals surface area contributed by atoms with Crippen LogP contribution in [0.2, 0.25) is 0 Å². The average molecular weight is 1440 g/mol. The summed E-state index contributed by atoms with van der Waals surface area (Å²) < 4.78 is 343. The van der Waals surface area contributed by atoms with Crippen LogP contribution in [0.25, 0.3) is 9.69 Å². The maximum atomic E-state index is 14.3. The van der Waals surface area contributed by atoms with Crippen LogP contribution in [0, 0.1) is 24.8 Å². The summed E-state index contributed by atoms with van der Waals surface area (Å²) in [6.45, 7) is 18.4. The topological polar surface area (TPSA) is 123 Å². The fourth-order valence-electron chi connectivity index (χ4n) is 11.5. The molecule has 99 heavy (non-hydrogen) atoms. The van der Waals surface area contributed by atoms with E-state index in [1.807, 2.05) is 0 Å². The highest BCUT2D eigenvalue weighted by molar-refractivity contribution is 5.57. The number of alkyl halides is 22. The minimum atomic E-state index is -4.89. The lowest BCUT2D eigenvalue weighted by molar-refractivity contribution is -0.143. The van der Waals surface area contributed by atoms with Crippen LogP contribution in [0.4, 0.5) is 117 Å². The van der Waals surface area contributed by atoms with Crippen molar-refractivity contribution in [2.24, 2.45) is 0 Å². The Labute approximate surface area is 544 Å². The minimum Gasteiger partial charge on any atom is -0.488 e. The summed E-state index contributed by atoms with van der Waals surface area (Å²) in [6.07, 6.45) is -32.4. The van der Waals surface area contributed by atoms with Gasteiger partial charge in [0, 0.05) is 77.1 Å². The molecule has 0 unspecified atom stereocenters. The molecule has 5 aliphatic rings. The number of benzene rings is 1. The minimum absolute atomic E-state index is 0. The number of rotatable bonds is 8. The number of fused-ring (bicyclic) bond motifs is 4. The molecule has 36 heteroatoms. The molecule has 0 aliphatic heterocycles. The molecule has 0 bridgehead atoms. The molecule has 12 rings (SSSR count). The van der Waals surface area contributed by atoms with Crippen molar-refractivity contribution in [1.82, 2.24) is 29.9 Å². The lowest BCUT2D eigenvalue weighted by Crippen LogP contribution is -2.43. The predicted octanol–water partition coefficient (Wildman–Crippen LogP) is 21.6. The van der Waals surface area contributed by atoms with Crippen molar-refractivity contribution in [1.29, 1.82) is 0 Å². The van der Waals surface area contributed by atoms with E-state index < -0.39 is 219 Å². The van der Waals surface area contributed by atoms with Gasteiger partial charge in [0.2, 0.25) is 5.69 Å². The third-order valence-corrected chi connectivity index (χ3v) is 16.0. The second-order valence-electron chi connectivity index (χ2n) is 22.6. The van der Waals surface area contributed by atoms with Gasteiger partial charge >= 0.3 is 24.7 Å². The van der Waals surface area contributed by atoms with E-state index in [1.54, 1.807) is 0 Å². The zero-order valence-corrected chi connectivity index (χ0v) is 49.7. The van der Waals surface area contributed by atoms with Gasteiger partial charge in [-0.3, -0.25) is 9.97 Å². The second-order valence-corrected chi connectivity index (χ2v) is 22.6. The molecule has 530 valence electrons. The summed E-state index contributed by atoms with van der Waals surface area (Å²) in [5.41, 5.74) is -9.96. The molecule has 7 aromatic rings. The van der Waals surface area contributed by atoms with E-state index in [4.69, 9.17) is 32.1 Å². The number of hydrogen-bond donors (Lipinski definition) is 0. The Morgan fingerprint density at radius 3 is 1.03 bits per heavy atom.